The number of hydrogen-bond acceptors (Lipinski definition) is 5. The Hall–Kier alpha value is -2.06. The summed E-state index contributed by atoms with van der Waals surface area (Å²) in [5, 5.41) is 5.46. The Bertz CT molecular complexity index is 919. The summed E-state index contributed by atoms with van der Waals surface area (Å²) in [7, 11) is 0. The monoisotopic (exact) mass is 397 g/mol. The predicted octanol–water partition coefficient (Wildman–Crippen LogP) is 3.95. The van der Waals surface area contributed by atoms with Gasteiger partial charge in [-0.1, -0.05) is 42.5 Å². The van der Waals surface area contributed by atoms with Crippen molar-refractivity contribution in [2.45, 2.75) is 13.2 Å². The summed E-state index contributed by atoms with van der Waals surface area (Å²) >= 11 is 7.26. The molecule has 1 aliphatic rings. The molecule has 0 unspecified atom stereocenters. The Labute approximate surface area is 168 Å². The van der Waals surface area contributed by atoms with Crippen LogP contribution in [0.2, 0.25) is 0 Å². The summed E-state index contributed by atoms with van der Waals surface area (Å²) in [5.74, 6) is 0.792. The number of piperazine rings is 1. The molecule has 3 aromatic rings. The number of nitrogens with zero attached hydrogens (tertiary/aromatic N) is 4. The molecule has 2 aromatic heterocycles. The highest BCUT2D eigenvalue weighted by atomic mass is 32.1. The quantitative estimate of drug-likeness (QED) is 0.640. The zero-order valence-electron chi connectivity index (χ0n) is 15.1. The molecule has 0 atom stereocenters. The smallest absolute Gasteiger partial charge is 0.217 e. The highest BCUT2D eigenvalue weighted by Crippen LogP contribution is 2.14. The number of hydrogen-bond donors (Lipinski definition) is 1. The second kappa shape index (κ2) is 8.75. The molecule has 1 aromatic carbocycles. The molecular weight excluding hydrogens is 374 g/mol. The van der Waals surface area contributed by atoms with Crippen molar-refractivity contribution >= 4 is 35.7 Å². The maximum atomic E-state index is 5.42. The van der Waals surface area contributed by atoms with Crippen LogP contribution >= 0.6 is 23.6 Å². The van der Waals surface area contributed by atoms with Gasteiger partial charge in [-0.15, -0.1) is 11.3 Å². The van der Waals surface area contributed by atoms with E-state index in [4.69, 9.17) is 12.2 Å². The van der Waals surface area contributed by atoms with Crippen molar-refractivity contribution in [2.24, 2.45) is 0 Å². The number of thiophene rings is 1. The maximum Gasteiger partial charge on any atom is 0.217 e. The van der Waals surface area contributed by atoms with Crippen molar-refractivity contribution in [3.05, 3.63) is 68.9 Å². The molecule has 0 amide bonds. The lowest BCUT2D eigenvalue weighted by Crippen LogP contribution is -2.46. The van der Waals surface area contributed by atoms with Crippen LogP contribution in [0.1, 0.15) is 16.3 Å². The van der Waals surface area contributed by atoms with Gasteiger partial charge in [-0.2, -0.15) is 4.98 Å². The van der Waals surface area contributed by atoms with Crippen LogP contribution < -0.4 is 0 Å². The van der Waals surface area contributed by atoms with Crippen molar-refractivity contribution in [1.82, 2.24) is 24.6 Å². The van der Waals surface area contributed by atoms with Crippen molar-refractivity contribution < 1.29 is 0 Å². The van der Waals surface area contributed by atoms with Crippen LogP contribution in [0.15, 0.2) is 47.8 Å². The van der Waals surface area contributed by atoms with Crippen LogP contribution in [-0.4, -0.2) is 50.7 Å². The molecule has 0 spiro atoms. The molecule has 3 heterocycles. The van der Waals surface area contributed by atoms with E-state index in [1.807, 2.05) is 46.4 Å². The lowest BCUT2D eigenvalue weighted by Gasteiger charge is -2.34. The molecule has 27 heavy (non-hydrogen) atoms. The standard InChI is InChI=1S/C20H23N5S2/c26-20-21-19(9-8-17-5-2-1-3-6-17)22-25(20)16-24-12-10-23(11-13-24)15-18-7-4-14-27-18/h1-9,14H,10-13,15-16H2,(H,21,22,26)/b9-8+. The van der Waals surface area contributed by atoms with Crippen LogP contribution in [0.4, 0.5) is 0 Å². The maximum absolute atomic E-state index is 5.42. The second-order valence-electron chi connectivity index (χ2n) is 6.68. The summed E-state index contributed by atoms with van der Waals surface area (Å²) < 4.78 is 2.55. The van der Waals surface area contributed by atoms with Gasteiger partial charge in [0.05, 0.1) is 6.67 Å². The molecule has 4 rings (SSSR count). The number of nitrogens with one attached hydrogen (secondary N) is 1. The minimum Gasteiger partial charge on any atom is -0.296 e. The van der Waals surface area contributed by atoms with Crippen LogP contribution in [0.5, 0.6) is 0 Å². The summed E-state index contributed by atoms with van der Waals surface area (Å²) in [6.45, 7) is 6.07. The van der Waals surface area contributed by atoms with E-state index in [9.17, 15) is 0 Å². The highest BCUT2D eigenvalue weighted by Gasteiger charge is 2.18. The third kappa shape index (κ3) is 5.01. The second-order valence-corrected chi connectivity index (χ2v) is 8.08. The first-order chi connectivity index (χ1) is 13.3. The third-order valence-electron chi connectivity index (χ3n) is 4.70. The van der Waals surface area contributed by atoms with E-state index in [1.54, 1.807) is 0 Å². The van der Waals surface area contributed by atoms with Crippen LogP contribution in [0, 0.1) is 4.77 Å². The number of rotatable bonds is 6. The molecule has 0 radical (unpaired) electrons. The minimum absolute atomic E-state index is 0.601. The van der Waals surface area contributed by atoms with Gasteiger partial charge in [0, 0.05) is 37.6 Å². The zero-order chi connectivity index (χ0) is 18.5. The van der Waals surface area contributed by atoms with Crippen molar-refractivity contribution in [3.8, 4) is 0 Å². The molecule has 1 saturated heterocycles. The molecule has 140 valence electrons. The lowest BCUT2D eigenvalue weighted by atomic mass is 10.2. The van der Waals surface area contributed by atoms with E-state index in [-0.39, 0.29) is 0 Å². The van der Waals surface area contributed by atoms with E-state index in [0.717, 1.165) is 50.8 Å². The van der Waals surface area contributed by atoms with E-state index < -0.39 is 0 Å². The van der Waals surface area contributed by atoms with E-state index in [2.05, 4.69) is 49.5 Å². The highest BCUT2D eigenvalue weighted by molar-refractivity contribution is 7.71. The summed E-state index contributed by atoms with van der Waals surface area (Å²) in [6, 6.07) is 14.5. The van der Waals surface area contributed by atoms with Crippen molar-refractivity contribution in [1.29, 1.82) is 0 Å². The fourth-order valence-corrected chi connectivity index (χ4v) is 4.14. The first-order valence-electron chi connectivity index (χ1n) is 9.13. The van der Waals surface area contributed by atoms with Gasteiger partial charge in [-0.3, -0.25) is 14.9 Å². The SMILES string of the molecule is S=c1nc(/C=C/c2ccccc2)[nH]n1CN1CCN(Cc2cccs2)CC1. The van der Waals surface area contributed by atoms with Gasteiger partial charge in [0.25, 0.3) is 0 Å². The molecule has 7 heteroatoms. The summed E-state index contributed by atoms with van der Waals surface area (Å²) in [4.78, 5) is 10.8. The Morgan fingerprint density at radius 2 is 1.78 bits per heavy atom. The van der Waals surface area contributed by atoms with Crippen molar-refractivity contribution in [3.63, 3.8) is 0 Å². The molecule has 0 bridgehead atoms. The predicted molar refractivity (Wildman–Crippen MR) is 114 cm³/mol. The van der Waals surface area contributed by atoms with Gasteiger partial charge in [0.2, 0.25) is 4.77 Å². The van der Waals surface area contributed by atoms with Crippen LogP contribution in [0.3, 0.4) is 0 Å². The lowest BCUT2D eigenvalue weighted by molar-refractivity contribution is 0.0988. The first-order valence-corrected chi connectivity index (χ1v) is 10.4. The first kappa shape index (κ1) is 18.3. The van der Waals surface area contributed by atoms with Gasteiger partial charge in [-0.25, -0.2) is 4.68 Å². The molecule has 1 fully saturated rings. The number of aromatic amines is 1. The Kier molecular flexibility index (Phi) is 5.94. The van der Waals surface area contributed by atoms with Crippen LogP contribution in [-0.2, 0) is 13.2 Å². The molecular formula is C20H23N5S2. The van der Waals surface area contributed by atoms with Gasteiger partial charge >= 0.3 is 0 Å². The third-order valence-corrected chi connectivity index (χ3v) is 5.87. The van der Waals surface area contributed by atoms with Crippen LogP contribution in [0.25, 0.3) is 12.2 Å². The molecule has 0 saturated carbocycles. The van der Waals surface area contributed by atoms with Gasteiger partial charge in [0.1, 0.15) is 5.82 Å². The zero-order valence-corrected chi connectivity index (χ0v) is 16.8. The topological polar surface area (TPSA) is 40.1 Å². The van der Waals surface area contributed by atoms with Gasteiger partial charge < -0.3 is 0 Å². The largest absolute Gasteiger partial charge is 0.296 e. The Balaban J connectivity index is 1.32. The van der Waals surface area contributed by atoms with Crippen molar-refractivity contribution in [2.75, 3.05) is 26.2 Å². The summed E-state index contributed by atoms with van der Waals surface area (Å²) in [5.41, 5.74) is 1.15. The Morgan fingerprint density at radius 3 is 2.52 bits per heavy atom. The summed E-state index contributed by atoms with van der Waals surface area (Å²) in [6.07, 6.45) is 4.02. The number of aromatic nitrogens is 3. The van der Waals surface area contributed by atoms with Gasteiger partial charge in [0.15, 0.2) is 0 Å². The Morgan fingerprint density at radius 1 is 1.00 bits per heavy atom. The molecule has 0 aliphatic carbocycles. The molecule has 1 N–H and O–H groups in total. The van der Waals surface area contributed by atoms with E-state index in [0.29, 0.717) is 4.77 Å². The fraction of sp³-hybridized carbons (Fsp3) is 0.300. The fourth-order valence-electron chi connectivity index (χ4n) is 3.20. The number of H-pyrrole nitrogens is 1. The number of benzene rings is 1. The minimum atomic E-state index is 0.601. The molecule has 1 aliphatic heterocycles. The average Bonchev–Trinajstić information content (AvgIpc) is 3.32. The molecule has 5 nitrogen and oxygen atoms in total. The van der Waals surface area contributed by atoms with Gasteiger partial charge in [-0.05, 0) is 35.3 Å². The van der Waals surface area contributed by atoms with E-state index in [1.165, 1.54) is 4.88 Å². The average molecular weight is 398 g/mol. The van der Waals surface area contributed by atoms with E-state index >= 15 is 0 Å². The normalized spacial score (nSPS) is 16.3.